The van der Waals surface area contributed by atoms with Crippen molar-refractivity contribution in [3.8, 4) is 0 Å². The van der Waals surface area contributed by atoms with Crippen molar-refractivity contribution < 1.29 is 14.0 Å². The average molecular weight is 490 g/mol. The number of carbonyl (C=O) groups is 2. The van der Waals surface area contributed by atoms with Gasteiger partial charge in [0.1, 0.15) is 11.9 Å². The predicted octanol–water partition coefficient (Wildman–Crippen LogP) is 5.58. The van der Waals surface area contributed by atoms with Gasteiger partial charge in [0.05, 0.1) is 5.03 Å². The van der Waals surface area contributed by atoms with Crippen LogP contribution in [0.2, 0.25) is 0 Å². The predicted molar refractivity (Wildman–Crippen MR) is 140 cm³/mol. The molecule has 0 bridgehead atoms. The van der Waals surface area contributed by atoms with Crippen molar-refractivity contribution in [2.24, 2.45) is 7.05 Å². The standard InChI is InChI=1S/C28H28FN3O2S/c1-4-20-9-5-7-11-23(20)32(18(2)33)26(27(34)30-17-19-13-15-21(29)16-14-19)25-22-10-6-8-12-24(22)31(3)28(25)35/h5-16,26,35H,4,17H2,1-3H3,(H,30,34). The number of para-hydroxylation sites is 2. The SMILES string of the molecule is CCc1ccccc1N(C(C)=O)C(C(=O)NCc1ccc(F)cc1)c1c(S)n(C)c2ccccc12. The van der Waals surface area contributed by atoms with Gasteiger partial charge in [-0.3, -0.25) is 14.5 Å². The lowest BCUT2D eigenvalue weighted by Crippen LogP contribution is -2.43. The van der Waals surface area contributed by atoms with Crippen LogP contribution in [0.1, 0.15) is 36.6 Å². The molecule has 0 spiro atoms. The number of rotatable bonds is 7. The number of nitrogens with one attached hydrogen (secondary N) is 1. The molecule has 180 valence electrons. The van der Waals surface area contributed by atoms with Gasteiger partial charge in [-0.2, -0.15) is 0 Å². The van der Waals surface area contributed by atoms with Gasteiger partial charge >= 0.3 is 0 Å². The molecule has 3 aromatic carbocycles. The van der Waals surface area contributed by atoms with Crippen LogP contribution < -0.4 is 10.2 Å². The lowest BCUT2D eigenvalue weighted by molar-refractivity contribution is -0.126. The second-order valence-electron chi connectivity index (χ2n) is 8.43. The molecule has 4 aromatic rings. The lowest BCUT2D eigenvalue weighted by Gasteiger charge is -2.32. The molecule has 0 fully saturated rings. The Bertz CT molecular complexity index is 1380. The smallest absolute Gasteiger partial charge is 0.248 e. The summed E-state index contributed by atoms with van der Waals surface area (Å²) in [5.41, 5.74) is 3.97. The van der Waals surface area contributed by atoms with E-state index in [9.17, 15) is 14.0 Å². The minimum Gasteiger partial charge on any atom is -0.350 e. The second kappa shape index (κ2) is 10.4. The van der Waals surface area contributed by atoms with Gasteiger partial charge in [0.2, 0.25) is 11.8 Å². The maximum Gasteiger partial charge on any atom is 0.248 e. The van der Waals surface area contributed by atoms with E-state index in [1.807, 2.05) is 67.1 Å². The van der Waals surface area contributed by atoms with E-state index in [0.717, 1.165) is 22.0 Å². The highest BCUT2D eigenvalue weighted by Crippen LogP contribution is 2.39. The zero-order valence-electron chi connectivity index (χ0n) is 20.0. The van der Waals surface area contributed by atoms with Crippen LogP contribution in [0.25, 0.3) is 10.9 Å². The molecule has 0 radical (unpaired) electrons. The molecule has 0 saturated carbocycles. The fourth-order valence-corrected chi connectivity index (χ4v) is 4.83. The van der Waals surface area contributed by atoms with Crippen LogP contribution in [-0.4, -0.2) is 16.4 Å². The van der Waals surface area contributed by atoms with Crippen molar-refractivity contribution >= 4 is 41.0 Å². The highest BCUT2D eigenvalue weighted by atomic mass is 32.1. The highest BCUT2D eigenvalue weighted by molar-refractivity contribution is 7.80. The Morgan fingerprint density at radius 2 is 1.69 bits per heavy atom. The summed E-state index contributed by atoms with van der Waals surface area (Å²) in [4.78, 5) is 28.6. The molecule has 1 N–H and O–H groups in total. The number of fused-ring (bicyclic) bond motifs is 1. The maximum absolute atomic E-state index is 13.9. The van der Waals surface area contributed by atoms with Gasteiger partial charge < -0.3 is 9.88 Å². The van der Waals surface area contributed by atoms with Crippen molar-refractivity contribution in [1.82, 2.24) is 9.88 Å². The largest absolute Gasteiger partial charge is 0.350 e. The topological polar surface area (TPSA) is 54.3 Å². The zero-order valence-corrected chi connectivity index (χ0v) is 20.9. The normalized spacial score (nSPS) is 11.9. The fraction of sp³-hybridized carbons (Fsp3) is 0.214. The number of nitrogens with zero attached hydrogens (tertiary/aromatic N) is 2. The first-order chi connectivity index (χ1) is 16.8. The molecule has 0 saturated heterocycles. The first kappa shape index (κ1) is 24.5. The molecule has 5 nitrogen and oxygen atoms in total. The molecule has 0 aliphatic rings. The average Bonchev–Trinajstić information content (AvgIpc) is 3.11. The Hall–Kier alpha value is -3.58. The third-order valence-electron chi connectivity index (χ3n) is 6.25. The van der Waals surface area contributed by atoms with E-state index in [1.165, 1.54) is 19.1 Å². The third-order valence-corrected chi connectivity index (χ3v) is 6.79. The highest BCUT2D eigenvalue weighted by Gasteiger charge is 2.36. The number of hydrogen-bond acceptors (Lipinski definition) is 3. The molecule has 35 heavy (non-hydrogen) atoms. The monoisotopic (exact) mass is 489 g/mol. The lowest BCUT2D eigenvalue weighted by atomic mass is 10.00. The molecule has 2 amide bonds. The summed E-state index contributed by atoms with van der Waals surface area (Å²) in [6.07, 6.45) is 0.702. The second-order valence-corrected chi connectivity index (χ2v) is 8.86. The summed E-state index contributed by atoms with van der Waals surface area (Å²) >= 11 is 4.78. The molecule has 0 aliphatic carbocycles. The molecule has 0 aliphatic heterocycles. The van der Waals surface area contributed by atoms with Gasteiger partial charge in [-0.1, -0.05) is 55.5 Å². The van der Waals surface area contributed by atoms with E-state index >= 15 is 0 Å². The van der Waals surface area contributed by atoms with E-state index in [0.29, 0.717) is 22.7 Å². The number of thiol groups is 1. The van der Waals surface area contributed by atoms with Crippen molar-refractivity contribution in [2.45, 2.75) is 37.9 Å². The number of aromatic nitrogens is 1. The Morgan fingerprint density at radius 1 is 1.03 bits per heavy atom. The number of benzene rings is 3. The van der Waals surface area contributed by atoms with Crippen LogP contribution in [0.15, 0.2) is 77.8 Å². The van der Waals surface area contributed by atoms with Gasteiger partial charge in [-0.15, -0.1) is 12.6 Å². The molecular weight excluding hydrogens is 461 g/mol. The van der Waals surface area contributed by atoms with Crippen LogP contribution in [0.5, 0.6) is 0 Å². The summed E-state index contributed by atoms with van der Waals surface area (Å²) in [6.45, 7) is 3.68. The molecule has 1 atom stereocenters. The minimum atomic E-state index is -0.959. The zero-order chi connectivity index (χ0) is 25.1. The van der Waals surface area contributed by atoms with Crippen LogP contribution >= 0.6 is 12.6 Å². The van der Waals surface area contributed by atoms with Crippen LogP contribution in [0.3, 0.4) is 0 Å². The van der Waals surface area contributed by atoms with Crippen molar-refractivity contribution in [1.29, 1.82) is 0 Å². The summed E-state index contributed by atoms with van der Waals surface area (Å²) in [5, 5.41) is 4.42. The van der Waals surface area contributed by atoms with Gasteiger partial charge in [0.25, 0.3) is 0 Å². The maximum atomic E-state index is 13.9. The summed E-state index contributed by atoms with van der Waals surface area (Å²) in [5.74, 6) is -0.942. The van der Waals surface area contributed by atoms with Crippen LogP contribution in [0.4, 0.5) is 10.1 Å². The first-order valence-electron chi connectivity index (χ1n) is 11.5. The van der Waals surface area contributed by atoms with E-state index in [-0.39, 0.29) is 24.2 Å². The van der Waals surface area contributed by atoms with Crippen molar-refractivity contribution in [3.05, 3.63) is 95.3 Å². The van der Waals surface area contributed by atoms with E-state index in [1.54, 1.807) is 17.0 Å². The van der Waals surface area contributed by atoms with Gasteiger partial charge in [-0.05, 0) is 41.8 Å². The van der Waals surface area contributed by atoms with E-state index in [2.05, 4.69) is 5.32 Å². The van der Waals surface area contributed by atoms with Crippen molar-refractivity contribution in [2.75, 3.05) is 4.90 Å². The first-order valence-corrected chi connectivity index (χ1v) is 11.9. The van der Waals surface area contributed by atoms with Crippen LogP contribution in [-0.2, 0) is 29.6 Å². The Balaban J connectivity index is 1.86. The molecule has 1 unspecified atom stereocenters. The van der Waals surface area contributed by atoms with E-state index in [4.69, 9.17) is 12.6 Å². The molecule has 4 rings (SSSR count). The van der Waals surface area contributed by atoms with Gasteiger partial charge in [-0.25, -0.2) is 4.39 Å². The minimum absolute atomic E-state index is 0.198. The number of halogens is 1. The van der Waals surface area contributed by atoms with Crippen molar-refractivity contribution in [3.63, 3.8) is 0 Å². The Morgan fingerprint density at radius 3 is 2.37 bits per heavy atom. The molecule has 1 aromatic heterocycles. The molecule has 1 heterocycles. The summed E-state index contributed by atoms with van der Waals surface area (Å²) in [7, 11) is 1.89. The molecule has 7 heteroatoms. The van der Waals surface area contributed by atoms with Crippen LogP contribution in [0, 0.1) is 5.82 Å². The number of aryl methyl sites for hydroxylation is 2. The number of carbonyl (C=O) groups excluding carboxylic acids is 2. The van der Waals surface area contributed by atoms with E-state index < -0.39 is 6.04 Å². The third kappa shape index (κ3) is 4.82. The number of anilines is 1. The van der Waals surface area contributed by atoms with Gasteiger partial charge in [0.15, 0.2) is 0 Å². The quantitative estimate of drug-likeness (QED) is 0.333. The Labute approximate surface area is 210 Å². The Kier molecular flexibility index (Phi) is 7.26. The summed E-state index contributed by atoms with van der Waals surface area (Å²) < 4.78 is 15.3. The number of amides is 2. The molecular formula is C28H28FN3O2S. The number of hydrogen-bond donors (Lipinski definition) is 2. The summed E-state index contributed by atoms with van der Waals surface area (Å²) in [6, 6.07) is 20.4. The van der Waals surface area contributed by atoms with Gasteiger partial charge in [0, 0.05) is 42.7 Å². The fourth-order valence-electron chi connectivity index (χ4n) is 4.48.